The van der Waals surface area contributed by atoms with Crippen LogP contribution in [-0.2, 0) is 9.84 Å². The van der Waals surface area contributed by atoms with E-state index in [0.29, 0.717) is 34.7 Å². The van der Waals surface area contributed by atoms with Crippen molar-refractivity contribution in [2.45, 2.75) is 42.7 Å². The van der Waals surface area contributed by atoms with Gasteiger partial charge in [0.15, 0.2) is 9.84 Å². The standard InChI is InChI=1S/C24H28Cl2N2O4S/c1-33(30,31)21-5-2-17(3-6-21)24(29)28-12-8-18(9-13-28)27-14-10-19(11-15-27)32-20-4-7-22(25)23(26)16-20/h2-7,16,18-19H,8-15H2,1H3. The summed E-state index contributed by atoms with van der Waals surface area (Å²) in [5, 5.41) is 1.02. The molecular weight excluding hydrogens is 483 g/mol. The summed E-state index contributed by atoms with van der Waals surface area (Å²) in [5.41, 5.74) is 0.529. The lowest BCUT2D eigenvalue weighted by Gasteiger charge is -2.41. The molecule has 9 heteroatoms. The maximum atomic E-state index is 12.8. The minimum absolute atomic E-state index is 0.0396. The van der Waals surface area contributed by atoms with E-state index in [1.165, 1.54) is 12.1 Å². The molecule has 0 saturated carbocycles. The zero-order chi connectivity index (χ0) is 23.6. The van der Waals surface area contributed by atoms with Crippen LogP contribution in [0.3, 0.4) is 0 Å². The van der Waals surface area contributed by atoms with Crippen molar-refractivity contribution in [3.05, 3.63) is 58.1 Å². The molecule has 2 heterocycles. The van der Waals surface area contributed by atoms with E-state index in [2.05, 4.69) is 4.90 Å². The monoisotopic (exact) mass is 510 g/mol. The first-order valence-electron chi connectivity index (χ1n) is 11.2. The second-order valence-electron chi connectivity index (χ2n) is 8.75. The zero-order valence-corrected chi connectivity index (χ0v) is 20.9. The van der Waals surface area contributed by atoms with Gasteiger partial charge in [0.05, 0.1) is 14.9 Å². The fourth-order valence-corrected chi connectivity index (χ4v) is 5.48. The lowest BCUT2D eigenvalue weighted by atomic mass is 9.98. The average molecular weight is 511 g/mol. The maximum absolute atomic E-state index is 12.8. The van der Waals surface area contributed by atoms with Crippen LogP contribution in [0.15, 0.2) is 47.4 Å². The predicted octanol–water partition coefficient (Wildman–Crippen LogP) is 4.54. The highest BCUT2D eigenvalue weighted by molar-refractivity contribution is 7.90. The highest BCUT2D eigenvalue weighted by atomic mass is 35.5. The third-order valence-electron chi connectivity index (χ3n) is 6.47. The lowest BCUT2D eigenvalue weighted by molar-refractivity contribution is 0.0425. The van der Waals surface area contributed by atoms with Gasteiger partial charge in [-0.1, -0.05) is 23.2 Å². The van der Waals surface area contributed by atoms with Gasteiger partial charge in [-0.2, -0.15) is 0 Å². The number of hydrogen-bond acceptors (Lipinski definition) is 5. The van der Waals surface area contributed by atoms with Crippen molar-refractivity contribution in [2.24, 2.45) is 0 Å². The second kappa shape index (κ2) is 10.2. The van der Waals surface area contributed by atoms with Gasteiger partial charge in [0.2, 0.25) is 0 Å². The van der Waals surface area contributed by atoms with Crippen molar-refractivity contribution < 1.29 is 17.9 Å². The minimum Gasteiger partial charge on any atom is -0.490 e. The first kappa shape index (κ1) is 24.3. The molecule has 2 saturated heterocycles. The molecule has 6 nitrogen and oxygen atoms in total. The molecule has 2 aliphatic heterocycles. The summed E-state index contributed by atoms with van der Waals surface area (Å²) in [6.45, 7) is 3.35. The molecule has 0 N–H and O–H groups in total. The molecule has 2 aromatic rings. The average Bonchev–Trinajstić information content (AvgIpc) is 2.81. The number of hydrogen-bond donors (Lipinski definition) is 0. The molecule has 0 atom stereocenters. The Morgan fingerprint density at radius 2 is 1.55 bits per heavy atom. The molecule has 0 radical (unpaired) electrons. The first-order chi connectivity index (χ1) is 15.7. The van der Waals surface area contributed by atoms with Crippen molar-refractivity contribution in [3.8, 4) is 5.75 Å². The van der Waals surface area contributed by atoms with Crippen LogP contribution in [0, 0.1) is 0 Å². The third-order valence-corrected chi connectivity index (χ3v) is 8.34. The van der Waals surface area contributed by atoms with E-state index in [-0.39, 0.29) is 16.9 Å². The number of halogens is 2. The Kier molecular flexibility index (Phi) is 7.53. The number of rotatable bonds is 5. The summed E-state index contributed by atoms with van der Waals surface area (Å²) >= 11 is 12.1. The Morgan fingerprint density at radius 3 is 2.12 bits per heavy atom. The van der Waals surface area contributed by atoms with Crippen molar-refractivity contribution in [1.82, 2.24) is 9.80 Å². The Morgan fingerprint density at radius 1 is 0.909 bits per heavy atom. The largest absolute Gasteiger partial charge is 0.490 e. The summed E-state index contributed by atoms with van der Waals surface area (Å²) in [5.74, 6) is 0.710. The van der Waals surface area contributed by atoms with Gasteiger partial charge in [-0.25, -0.2) is 8.42 Å². The molecule has 33 heavy (non-hydrogen) atoms. The summed E-state index contributed by atoms with van der Waals surface area (Å²) in [7, 11) is -3.27. The van der Waals surface area contributed by atoms with Gasteiger partial charge >= 0.3 is 0 Å². The smallest absolute Gasteiger partial charge is 0.253 e. The van der Waals surface area contributed by atoms with Gasteiger partial charge in [-0.05, 0) is 62.1 Å². The van der Waals surface area contributed by atoms with E-state index in [9.17, 15) is 13.2 Å². The van der Waals surface area contributed by atoms with Crippen molar-refractivity contribution in [1.29, 1.82) is 0 Å². The quantitative estimate of drug-likeness (QED) is 0.590. The van der Waals surface area contributed by atoms with Gasteiger partial charge < -0.3 is 9.64 Å². The third kappa shape index (κ3) is 6.01. The van der Waals surface area contributed by atoms with E-state index >= 15 is 0 Å². The van der Waals surface area contributed by atoms with Crippen molar-refractivity contribution in [3.63, 3.8) is 0 Å². The van der Waals surface area contributed by atoms with Gasteiger partial charge in [-0.15, -0.1) is 0 Å². The Balaban J connectivity index is 1.25. The van der Waals surface area contributed by atoms with Crippen LogP contribution in [0.4, 0.5) is 0 Å². The second-order valence-corrected chi connectivity index (χ2v) is 11.6. The number of nitrogens with zero attached hydrogens (tertiary/aromatic N) is 2. The molecule has 2 aliphatic rings. The molecule has 0 aliphatic carbocycles. The number of carbonyl (C=O) groups is 1. The Bertz CT molecular complexity index is 1090. The number of amides is 1. The molecule has 0 bridgehead atoms. The number of piperidine rings is 2. The molecule has 0 aromatic heterocycles. The lowest BCUT2D eigenvalue weighted by Crippen LogP contribution is -2.50. The molecule has 178 valence electrons. The maximum Gasteiger partial charge on any atom is 0.253 e. The number of sulfone groups is 1. The minimum atomic E-state index is -3.27. The van der Waals surface area contributed by atoms with Crippen LogP contribution in [0.1, 0.15) is 36.0 Å². The van der Waals surface area contributed by atoms with Crippen LogP contribution in [0.5, 0.6) is 5.75 Å². The topological polar surface area (TPSA) is 66.9 Å². The molecular formula is C24H28Cl2N2O4S. The molecule has 1 amide bonds. The van der Waals surface area contributed by atoms with E-state index in [1.807, 2.05) is 11.0 Å². The Hall–Kier alpha value is -1.80. The summed E-state index contributed by atoms with van der Waals surface area (Å²) in [6.07, 6.45) is 5.10. The molecule has 0 spiro atoms. The van der Waals surface area contributed by atoms with Crippen molar-refractivity contribution in [2.75, 3.05) is 32.4 Å². The Labute approximate surface area is 205 Å². The number of likely N-dealkylation sites (tertiary alicyclic amines) is 2. The highest BCUT2D eigenvalue weighted by Gasteiger charge is 2.30. The fraction of sp³-hybridized carbons (Fsp3) is 0.458. The van der Waals surface area contributed by atoms with Crippen LogP contribution < -0.4 is 4.74 Å². The van der Waals surface area contributed by atoms with Gasteiger partial charge in [0.1, 0.15) is 11.9 Å². The summed E-state index contributed by atoms with van der Waals surface area (Å²) in [6, 6.07) is 12.0. The van der Waals surface area contributed by atoms with Crippen molar-refractivity contribution >= 4 is 38.9 Å². The van der Waals surface area contributed by atoms with Gasteiger partial charge in [-0.3, -0.25) is 9.69 Å². The molecule has 2 fully saturated rings. The fourth-order valence-electron chi connectivity index (χ4n) is 4.56. The van der Waals surface area contributed by atoms with E-state index in [1.54, 1.807) is 24.3 Å². The highest BCUT2D eigenvalue weighted by Crippen LogP contribution is 2.29. The van der Waals surface area contributed by atoms with Crippen LogP contribution in [0.2, 0.25) is 10.0 Å². The zero-order valence-electron chi connectivity index (χ0n) is 18.5. The first-order valence-corrected chi connectivity index (χ1v) is 13.8. The van der Waals surface area contributed by atoms with Gasteiger partial charge in [0.25, 0.3) is 5.91 Å². The predicted molar refractivity (Wildman–Crippen MR) is 130 cm³/mol. The molecule has 0 unspecified atom stereocenters. The van der Waals surface area contributed by atoms with Gasteiger partial charge in [0, 0.05) is 50.1 Å². The number of benzene rings is 2. The normalized spacial score (nSPS) is 18.9. The summed E-state index contributed by atoms with van der Waals surface area (Å²) < 4.78 is 29.3. The van der Waals surface area contributed by atoms with E-state index < -0.39 is 9.84 Å². The SMILES string of the molecule is CS(=O)(=O)c1ccc(C(=O)N2CCC(N3CCC(Oc4ccc(Cl)c(Cl)c4)CC3)CC2)cc1. The van der Waals surface area contributed by atoms with Crippen LogP contribution >= 0.6 is 23.2 Å². The molecule has 2 aromatic carbocycles. The van der Waals surface area contributed by atoms with E-state index in [0.717, 1.165) is 50.8 Å². The van der Waals surface area contributed by atoms with Crippen LogP contribution in [-0.4, -0.2) is 68.7 Å². The summed E-state index contributed by atoms with van der Waals surface area (Å²) in [4.78, 5) is 17.4. The molecule has 4 rings (SSSR count). The van der Waals surface area contributed by atoms with Crippen LogP contribution in [0.25, 0.3) is 0 Å². The van der Waals surface area contributed by atoms with E-state index in [4.69, 9.17) is 27.9 Å². The number of ether oxygens (including phenoxy) is 1. The number of carbonyl (C=O) groups excluding carboxylic acids is 1.